The Hall–Kier alpha value is -2.82. The van der Waals surface area contributed by atoms with Crippen LogP contribution in [0.3, 0.4) is 0 Å². The van der Waals surface area contributed by atoms with Gasteiger partial charge in [0, 0.05) is 6.20 Å². The molecular weight excluding hydrogens is 314 g/mol. The average Bonchev–Trinajstić information content (AvgIpc) is 2.92. The van der Waals surface area contributed by atoms with Crippen molar-refractivity contribution in [2.45, 2.75) is 33.6 Å². The van der Waals surface area contributed by atoms with Gasteiger partial charge in [0.2, 0.25) is 0 Å². The van der Waals surface area contributed by atoms with E-state index in [0.717, 1.165) is 35.3 Å². The van der Waals surface area contributed by atoms with Gasteiger partial charge in [-0.15, -0.1) is 0 Å². The molecule has 5 nitrogen and oxygen atoms in total. The Morgan fingerprint density at radius 2 is 1.96 bits per heavy atom. The smallest absolute Gasteiger partial charge is 0.274 e. The van der Waals surface area contributed by atoms with Crippen molar-refractivity contribution in [2.75, 3.05) is 12.4 Å². The fourth-order valence-electron chi connectivity index (χ4n) is 2.95. The molecule has 0 bridgehead atoms. The molecule has 0 unspecified atom stereocenters. The van der Waals surface area contributed by atoms with Gasteiger partial charge in [0.1, 0.15) is 17.1 Å². The summed E-state index contributed by atoms with van der Waals surface area (Å²) in [6.45, 7) is 6.08. The number of benzene rings is 1. The van der Waals surface area contributed by atoms with Crippen molar-refractivity contribution >= 4 is 17.2 Å². The summed E-state index contributed by atoms with van der Waals surface area (Å²) in [6.07, 6.45) is 3.59. The fourth-order valence-corrected chi connectivity index (χ4v) is 2.95. The summed E-state index contributed by atoms with van der Waals surface area (Å²) in [5, 5.41) is 2.99. The van der Waals surface area contributed by atoms with Crippen molar-refractivity contribution in [2.24, 2.45) is 0 Å². The number of hydrogen-bond donors (Lipinski definition) is 1. The highest BCUT2D eigenvalue weighted by molar-refractivity contribution is 6.05. The van der Waals surface area contributed by atoms with Crippen LogP contribution >= 0.6 is 0 Å². The van der Waals surface area contributed by atoms with E-state index in [-0.39, 0.29) is 5.91 Å². The molecule has 5 heteroatoms. The minimum Gasteiger partial charge on any atom is -0.495 e. The zero-order valence-electron chi connectivity index (χ0n) is 15.1. The predicted octanol–water partition coefficient (Wildman–Crippen LogP) is 4.16. The summed E-state index contributed by atoms with van der Waals surface area (Å²) >= 11 is 0. The van der Waals surface area contributed by atoms with Crippen LogP contribution < -0.4 is 10.1 Å². The number of rotatable bonds is 5. The monoisotopic (exact) mass is 337 g/mol. The molecule has 3 rings (SSSR count). The second-order valence-corrected chi connectivity index (χ2v) is 6.25. The van der Waals surface area contributed by atoms with Gasteiger partial charge in [-0.05, 0) is 55.7 Å². The molecule has 0 saturated heterocycles. The molecule has 3 aromatic rings. The number of aryl methyl sites for hydroxylation is 3. The number of carbonyl (C=O) groups is 1. The predicted molar refractivity (Wildman–Crippen MR) is 99.6 cm³/mol. The molecule has 0 aliphatic carbocycles. The second kappa shape index (κ2) is 6.97. The number of hydrogen-bond acceptors (Lipinski definition) is 3. The van der Waals surface area contributed by atoms with Gasteiger partial charge in [0.15, 0.2) is 0 Å². The third kappa shape index (κ3) is 3.36. The Morgan fingerprint density at radius 3 is 2.68 bits per heavy atom. The molecule has 1 aromatic carbocycles. The molecule has 0 atom stereocenters. The highest BCUT2D eigenvalue weighted by Gasteiger charge is 2.20. The van der Waals surface area contributed by atoms with Gasteiger partial charge >= 0.3 is 0 Å². The van der Waals surface area contributed by atoms with E-state index in [1.807, 2.05) is 54.8 Å². The quantitative estimate of drug-likeness (QED) is 0.760. The van der Waals surface area contributed by atoms with E-state index in [2.05, 4.69) is 17.2 Å². The van der Waals surface area contributed by atoms with Crippen LogP contribution in [0, 0.1) is 13.8 Å². The van der Waals surface area contributed by atoms with Crippen molar-refractivity contribution in [1.29, 1.82) is 0 Å². The molecular formula is C20H23N3O2. The van der Waals surface area contributed by atoms with Gasteiger partial charge in [0.05, 0.1) is 18.5 Å². The largest absolute Gasteiger partial charge is 0.495 e. The van der Waals surface area contributed by atoms with Gasteiger partial charge in [-0.3, -0.25) is 9.20 Å². The number of amides is 1. The zero-order valence-corrected chi connectivity index (χ0v) is 15.1. The third-order valence-electron chi connectivity index (χ3n) is 4.16. The van der Waals surface area contributed by atoms with Gasteiger partial charge in [-0.1, -0.05) is 19.4 Å². The first-order chi connectivity index (χ1) is 12.0. The molecule has 0 saturated carbocycles. The molecule has 0 fully saturated rings. The van der Waals surface area contributed by atoms with Crippen molar-refractivity contribution in [3.63, 3.8) is 0 Å². The van der Waals surface area contributed by atoms with Crippen LogP contribution in [-0.2, 0) is 6.42 Å². The minimum atomic E-state index is -0.177. The molecule has 0 aliphatic heterocycles. The van der Waals surface area contributed by atoms with Crippen LogP contribution in [0.1, 0.15) is 40.7 Å². The number of carbonyl (C=O) groups excluding carboxylic acids is 1. The van der Waals surface area contributed by atoms with Crippen molar-refractivity contribution in [3.8, 4) is 5.75 Å². The Kier molecular flexibility index (Phi) is 4.74. The van der Waals surface area contributed by atoms with E-state index in [9.17, 15) is 4.79 Å². The Morgan fingerprint density at radius 1 is 1.20 bits per heavy atom. The van der Waals surface area contributed by atoms with Crippen molar-refractivity contribution in [3.05, 3.63) is 59.0 Å². The highest BCUT2D eigenvalue weighted by atomic mass is 16.5. The van der Waals surface area contributed by atoms with Gasteiger partial charge in [-0.25, -0.2) is 4.98 Å². The summed E-state index contributed by atoms with van der Waals surface area (Å²) in [5.74, 6) is 0.462. The van der Waals surface area contributed by atoms with E-state index >= 15 is 0 Å². The molecule has 1 amide bonds. The molecule has 2 heterocycles. The molecule has 0 spiro atoms. The molecule has 1 N–H and O–H groups in total. The molecule has 0 radical (unpaired) electrons. The Labute approximate surface area is 147 Å². The van der Waals surface area contributed by atoms with E-state index in [1.165, 1.54) is 0 Å². The summed E-state index contributed by atoms with van der Waals surface area (Å²) in [4.78, 5) is 17.7. The van der Waals surface area contributed by atoms with Crippen LogP contribution in [0.25, 0.3) is 5.65 Å². The maximum absolute atomic E-state index is 13.0. The van der Waals surface area contributed by atoms with Crippen LogP contribution in [0.4, 0.5) is 5.69 Å². The minimum absolute atomic E-state index is 0.177. The maximum Gasteiger partial charge on any atom is 0.274 e. The Bertz CT molecular complexity index is 928. The average molecular weight is 337 g/mol. The lowest BCUT2D eigenvalue weighted by atomic mass is 10.1. The second-order valence-electron chi connectivity index (χ2n) is 6.25. The number of nitrogens with one attached hydrogen (secondary N) is 1. The number of imidazole rings is 1. The summed E-state index contributed by atoms with van der Waals surface area (Å²) in [7, 11) is 1.60. The standard InChI is InChI=1S/C20H23N3O2/c1-5-6-15-19(23-10-9-14(3)12-18(23)21-15)20(24)22-16-11-13(2)7-8-17(16)25-4/h7-12H,5-6H2,1-4H3,(H,22,24). The van der Waals surface area contributed by atoms with Crippen LogP contribution in [0.15, 0.2) is 36.5 Å². The van der Waals surface area contributed by atoms with E-state index < -0.39 is 0 Å². The highest BCUT2D eigenvalue weighted by Crippen LogP contribution is 2.26. The fraction of sp³-hybridized carbons (Fsp3) is 0.300. The van der Waals surface area contributed by atoms with Crippen molar-refractivity contribution in [1.82, 2.24) is 9.38 Å². The number of nitrogens with zero attached hydrogens (tertiary/aromatic N) is 2. The van der Waals surface area contributed by atoms with E-state index in [4.69, 9.17) is 4.74 Å². The first-order valence-electron chi connectivity index (χ1n) is 8.47. The molecule has 2 aromatic heterocycles. The molecule has 130 valence electrons. The summed E-state index contributed by atoms with van der Waals surface area (Å²) < 4.78 is 7.22. The van der Waals surface area contributed by atoms with Crippen LogP contribution in [0.5, 0.6) is 5.75 Å². The van der Waals surface area contributed by atoms with E-state index in [1.54, 1.807) is 7.11 Å². The lowest BCUT2D eigenvalue weighted by molar-refractivity contribution is 0.102. The van der Waals surface area contributed by atoms with Crippen LogP contribution in [0.2, 0.25) is 0 Å². The number of fused-ring (bicyclic) bond motifs is 1. The lowest BCUT2D eigenvalue weighted by Gasteiger charge is -2.12. The van der Waals surface area contributed by atoms with E-state index in [0.29, 0.717) is 17.1 Å². The zero-order chi connectivity index (χ0) is 18.0. The number of pyridine rings is 1. The molecule has 25 heavy (non-hydrogen) atoms. The van der Waals surface area contributed by atoms with Gasteiger partial charge < -0.3 is 10.1 Å². The first-order valence-corrected chi connectivity index (χ1v) is 8.47. The summed E-state index contributed by atoms with van der Waals surface area (Å²) in [5.41, 5.74) is 5.03. The maximum atomic E-state index is 13.0. The number of aromatic nitrogens is 2. The third-order valence-corrected chi connectivity index (χ3v) is 4.16. The number of ether oxygens (including phenoxy) is 1. The number of methoxy groups -OCH3 is 1. The van der Waals surface area contributed by atoms with Crippen LogP contribution in [-0.4, -0.2) is 22.4 Å². The number of anilines is 1. The topological polar surface area (TPSA) is 55.6 Å². The lowest BCUT2D eigenvalue weighted by Crippen LogP contribution is -2.17. The molecule has 0 aliphatic rings. The Balaban J connectivity index is 2.04. The SMILES string of the molecule is CCCc1nc2cc(C)ccn2c1C(=O)Nc1cc(C)ccc1OC. The van der Waals surface area contributed by atoms with Gasteiger partial charge in [-0.2, -0.15) is 0 Å². The first kappa shape index (κ1) is 17.0. The van der Waals surface area contributed by atoms with Crippen molar-refractivity contribution < 1.29 is 9.53 Å². The summed E-state index contributed by atoms with van der Waals surface area (Å²) in [6, 6.07) is 9.69. The normalized spacial score (nSPS) is 10.9. The van der Waals surface area contributed by atoms with Gasteiger partial charge in [0.25, 0.3) is 5.91 Å².